The van der Waals surface area contributed by atoms with Gasteiger partial charge in [-0.25, -0.2) is 0 Å². The van der Waals surface area contributed by atoms with E-state index in [2.05, 4.69) is 45.9 Å². The Morgan fingerprint density at radius 1 is 1.47 bits per heavy atom. The van der Waals surface area contributed by atoms with Crippen LogP contribution in [0.2, 0.25) is 0 Å². The molecule has 0 saturated carbocycles. The lowest BCUT2D eigenvalue weighted by Gasteiger charge is -2.26. The van der Waals surface area contributed by atoms with Gasteiger partial charge in [0.05, 0.1) is 6.54 Å². The number of halogens is 1. The maximum Gasteiger partial charge on any atom is 0.153 e. The molecular weight excluding hydrogens is 282 g/mol. The quantitative estimate of drug-likeness (QED) is 0.380. The molecule has 0 aliphatic heterocycles. The third-order valence-electron chi connectivity index (χ3n) is 2.56. The third-order valence-corrected chi connectivity index (χ3v) is 3.33. The molecule has 0 aromatic heterocycles. The molecule has 0 amide bonds. The Balaban J connectivity index is 2.77. The van der Waals surface area contributed by atoms with Crippen molar-refractivity contribution in [3.63, 3.8) is 0 Å². The summed E-state index contributed by atoms with van der Waals surface area (Å²) in [5.41, 5.74) is 6.74. The summed E-state index contributed by atoms with van der Waals surface area (Å²) in [6.45, 7) is 5.38. The van der Waals surface area contributed by atoms with Crippen molar-refractivity contribution in [1.29, 1.82) is 0 Å². The molecule has 0 bridgehead atoms. The predicted molar refractivity (Wildman–Crippen MR) is 73.1 cm³/mol. The molecule has 1 aromatic rings. The van der Waals surface area contributed by atoms with Crippen LogP contribution in [0.5, 0.6) is 0 Å². The normalized spacial score (nSPS) is 12.4. The Morgan fingerprint density at radius 3 is 2.65 bits per heavy atom. The molecule has 0 unspecified atom stereocenters. The molecule has 1 rings (SSSR count). The number of hydrogen-bond donors (Lipinski definition) is 2. The average molecular weight is 300 g/mol. The Labute approximate surface area is 110 Å². The molecule has 4 nitrogen and oxygen atoms in total. The van der Waals surface area contributed by atoms with Crippen LogP contribution in [-0.2, 0) is 6.54 Å². The van der Waals surface area contributed by atoms with Gasteiger partial charge in [0.25, 0.3) is 0 Å². The molecule has 0 radical (unpaired) electrons. The van der Waals surface area contributed by atoms with Crippen LogP contribution in [0.15, 0.2) is 33.9 Å². The molecule has 17 heavy (non-hydrogen) atoms. The highest BCUT2D eigenvalue weighted by Gasteiger charge is 2.13. The minimum Gasteiger partial charge on any atom is -0.409 e. The van der Waals surface area contributed by atoms with Crippen LogP contribution < -0.4 is 5.73 Å². The topological polar surface area (TPSA) is 61.8 Å². The van der Waals surface area contributed by atoms with Gasteiger partial charge < -0.3 is 10.9 Å². The van der Waals surface area contributed by atoms with Gasteiger partial charge in [0, 0.05) is 17.1 Å². The summed E-state index contributed by atoms with van der Waals surface area (Å²) in [5, 5.41) is 11.6. The summed E-state index contributed by atoms with van der Waals surface area (Å²) in [4.78, 5) is 2.13. The summed E-state index contributed by atoms with van der Waals surface area (Å²) < 4.78 is 1.07. The van der Waals surface area contributed by atoms with E-state index in [1.165, 1.54) is 5.56 Å². The van der Waals surface area contributed by atoms with Crippen molar-refractivity contribution in [2.45, 2.75) is 26.4 Å². The fourth-order valence-electron chi connectivity index (χ4n) is 1.51. The largest absolute Gasteiger partial charge is 0.409 e. The van der Waals surface area contributed by atoms with E-state index in [-0.39, 0.29) is 5.84 Å². The monoisotopic (exact) mass is 299 g/mol. The smallest absolute Gasteiger partial charge is 0.153 e. The summed E-state index contributed by atoms with van der Waals surface area (Å²) >= 11 is 3.52. The highest BCUT2D eigenvalue weighted by molar-refractivity contribution is 9.10. The van der Waals surface area contributed by atoms with Gasteiger partial charge in [-0.1, -0.05) is 39.3 Å². The predicted octanol–water partition coefficient (Wildman–Crippen LogP) is 2.41. The molecule has 3 N–H and O–H groups in total. The molecule has 0 heterocycles. The standard InChI is InChI=1S/C12H18BrN3O/c1-9(2)16(8-12(14)15-17)7-10-5-3-4-6-11(10)13/h3-6,9,17H,7-8H2,1-2H3,(H2,14,15). The van der Waals surface area contributed by atoms with Crippen LogP contribution in [-0.4, -0.2) is 28.5 Å². The maximum absolute atomic E-state index is 8.61. The lowest BCUT2D eigenvalue weighted by molar-refractivity contribution is 0.238. The highest BCUT2D eigenvalue weighted by atomic mass is 79.9. The van der Waals surface area contributed by atoms with E-state index < -0.39 is 0 Å². The van der Waals surface area contributed by atoms with Gasteiger partial charge in [-0.15, -0.1) is 0 Å². The van der Waals surface area contributed by atoms with Gasteiger partial charge in [0.2, 0.25) is 0 Å². The highest BCUT2D eigenvalue weighted by Crippen LogP contribution is 2.18. The van der Waals surface area contributed by atoms with E-state index in [1.807, 2.05) is 18.2 Å². The van der Waals surface area contributed by atoms with Gasteiger partial charge in [0.1, 0.15) is 0 Å². The number of hydrogen-bond acceptors (Lipinski definition) is 3. The third kappa shape index (κ3) is 4.36. The molecule has 94 valence electrons. The Morgan fingerprint density at radius 2 is 2.12 bits per heavy atom. The number of amidine groups is 1. The van der Waals surface area contributed by atoms with E-state index in [1.54, 1.807) is 0 Å². The van der Waals surface area contributed by atoms with Crippen LogP contribution in [0, 0.1) is 0 Å². The average Bonchev–Trinajstić information content (AvgIpc) is 2.30. The molecule has 0 spiro atoms. The van der Waals surface area contributed by atoms with Crippen LogP contribution in [0.4, 0.5) is 0 Å². The fourth-order valence-corrected chi connectivity index (χ4v) is 1.92. The molecule has 0 aliphatic carbocycles. The molecule has 0 fully saturated rings. The maximum atomic E-state index is 8.61. The first-order valence-corrected chi connectivity index (χ1v) is 6.27. The van der Waals surface area contributed by atoms with E-state index >= 15 is 0 Å². The van der Waals surface area contributed by atoms with Gasteiger partial charge in [0.15, 0.2) is 5.84 Å². The number of oxime groups is 1. The van der Waals surface area contributed by atoms with Crippen LogP contribution >= 0.6 is 15.9 Å². The van der Waals surface area contributed by atoms with E-state index in [0.717, 1.165) is 11.0 Å². The first-order chi connectivity index (χ1) is 8.04. The number of nitrogens with two attached hydrogens (primary N) is 1. The molecule has 0 aliphatic rings. The van der Waals surface area contributed by atoms with Crippen molar-refractivity contribution >= 4 is 21.8 Å². The van der Waals surface area contributed by atoms with Crippen molar-refractivity contribution in [2.24, 2.45) is 10.9 Å². The Bertz CT molecular complexity index is 393. The second-order valence-corrected chi connectivity index (χ2v) is 5.04. The molecular formula is C12H18BrN3O. The van der Waals surface area contributed by atoms with Crippen molar-refractivity contribution < 1.29 is 5.21 Å². The summed E-state index contributed by atoms with van der Waals surface area (Å²) in [6, 6.07) is 8.38. The molecule has 0 saturated heterocycles. The zero-order chi connectivity index (χ0) is 12.8. The second kappa shape index (κ2) is 6.61. The zero-order valence-electron chi connectivity index (χ0n) is 10.1. The molecule has 1 aromatic carbocycles. The number of rotatable bonds is 5. The Kier molecular flexibility index (Phi) is 5.44. The first kappa shape index (κ1) is 14.0. The van der Waals surface area contributed by atoms with Crippen LogP contribution in [0.1, 0.15) is 19.4 Å². The lowest BCUT2D eigenvalue weighted by Crippen LogP contribution is -2.38. The zero-order valence-corrected chi connectivity index (χ0v) is 11.7. The number of benzene rings is 1. The van der Waals surface area contributed by atoms with Crippen molar-refractivity contribution in [2.75, 3.05) is 6.54 Å². The van der Waals surface area contributed by atoms with Gasteiger partial charge in [-0.05, 0) is 25.5 Å². The van der Waals surface area contributed by atoms with Crippen molar-refractivity contribution in [3.05, 3.63) is 34.3 Å². The van der Waals surface area contributed by atoms with Gasteiger partial charge >= 0.3 is 0 Å². The molecule has 5 heteroatoms. The van der Waals surface area contributed by atoms with Crippen LogP contribution in [0.3, 0.4) is 0 Å². The summed E-state index contributed by atoms with van der Waals surface area (Å²) in [6.07, 6.45) is 0. The second-order valence-electron chi connectivity index (χ2n) is 4.18. The van der Waals surface area contributed by atoms with E-state index in [9.17, 15) is 0 Å². The number of nitrogens with zero attached hydrogens (tertiary/aromatic N) is 2. The minimum absolute atomic E-state index is 0.228. The van der Waals surface area contributed by atoms with E-state index in [0.29, 0.717) is 12.6 Å². The van der Waals surface area contributed by atoms with Crippen molar-refractivity contribution in [1.82, 2.24) is 4.90 Å². The summed E-state index contributed by atoms with van der Waals surface area (Å²) in [5.74, 6) is 0.228. The van der Waals surface area contributed by atoms with E-state index in [4.69, 9.17) is 10.9 Å². The van der Waals surface area contributed by atoms with Crippen molar-refractivity contribution in [3.8, 4) is 0 Å². The molecule has 0 atom stereocenters. The van der Waals surface area contributed by atoms with Crippen LogP contribution in [0.25, 0.3) is 0 Å². The first-order valence-electron chi connectivity index (χ1n) is 5.48. The minimum atomic E-state index is 0.228. The van der Waals surface area contributed by atoms with Gasteiger partial charge in [-0.2, -0.15) is 0 Å². The summed E-state index contributed by atoms with van der Waals surface area (Å²) in [7, 11) is 0. The van der Waals surface area contributed by atoms with Gasteiger partial charge in [-0.3, -0.25) is 4.90 Å². The lowest BCUT2D eigenvalue weighted by atomic mass is 10.2. The fraction of sp³-hybridized carbons (Fsp3) is 0.417. The Hall–Kier alpha value is -1.07. The SMILES string of the molecule is CC(C)N(CC(N)=NO)Cc1ccccc1Br.